The summed E-state index contributed by atoms with van der Waals surface area (Å²) >= 11 is 0. The lowest BCUT2D eigenvalue weighted by Crippen LogP contribution is -1.92. The Morgan fingerprint density at radius 3 is 1.42 bits per heavy atom. The lowest BCUT2D eigenvalue weighted by atomic mass is 9.84. The van der Waals surface area contributed by atoms with Crippen LogP contribution >= 0.6 is 0 Å². The molecule has 3 heterocycles. The van der Waals surface area contributed by atoms with E-state index < -0.39 is 0 Å². The minimum atomic E-state index is 0.867. The van der Waals surface area contributed by atoms with E-state index in [0.29, 0.717) is 0 Å². The molecule has 3 heteroatoms. The fourth-order valence-electron chi connectivity index (χ4n) is 8.77. The van der Waals surface area contributed by atoms with Gasteiger partial charge in [-0.15, -0.1) is 0 Å². The zero-order valence-electron chi connectivity index (χ0n) is 28.4. The molecule has 0 atom stereocenters. The molecule has 0 aliphatic rings. The van der Waals surface area contributed by atoms with E-state index in [-0.39, 0.29) is 0 Å². The number of rotatable bonds is 3. The van der Waals surface area contributed by atoms with Crippen molar-refractivity contribution in [2.45, 2.75) is 0 Å². The maximum Gasteiger partial charge on any atom is 0.143 e. The van der Waals surface area contributed by atoms with Crippen LogP contribution in [0.3, 0.4) is 0 Å². The number of furan rings is 3. The Labute approximate surface area is 302 Å². The molecule has 0 saturated carbocycles. The molecule has 0 unspecified atom stereocenters. The topological polar surface area (TPSA) is 39.4 Å². The van der Waals surface area contributed by atoms with Gasteiger partial charge in [-0.2, -0.15) is 0 Å². The van der Waals surface area contributed by atoms with E-state index >= 15 is 0 Å². The van der Waals surface area contributed by atoms with Crippen molar-refractivity contribution in [2.24, 2.45) is 0 Å². The largest absolute Gasteiger partial charge is 0.456 e. The van der Waals surface area contributed by atoms with Gasteiger partial charge in [0.15, 0.2) is 0 Å². The highest BCUT2D eigenvalue weighted by atomic mass is 16.3. The number of para-hydroxylation sites is 3. The number of fused-ring (bicyclic) bond motifs is 11. The number of benzene rings is 9. The van der Waals surface area contributed by atoms with Crippen molar-refractivity contribution in [1.82, 2.24) is 0 Å². The predicted octanol–water partition coefficient (Wildman–Crippen LogP) is 14.7. The molecule has 0 amide bonds. The first-order chi connectivity index (χ1) is 26.3. The Balaban J connectivity index is 1.15. The molecule has 12 aromatic rings. The normalized spacial score (nSPS) is 12.2. The van der Waals surface area contributed by atoms with Gasteiger partial charge in [-0.1, -0.05) is 121 Å². The van der Waals surface area contributed by atoms with Crippen molar-refractivity contribution < 1.29 is 13.3 Å². The zero-order chi connectivity index (χ0) is 34.6. The third-order valence-corrected chi connectivity index (χ3v) is 11.1. The molecule has 0 aliphatic carbocycles. The van der Waals surface area contributed by atoms with E-state index in [0.717, 1.165) is 93.6 Å². The molecule has 9 aromatic carbocycles. The summed E-state index contributed by atoms with van der Waals surface area (Å²) < 4.78 is 19.5. The molecule has 0 aliphatic heterocycles. The highest BCUT2D eigenvalue weighted by Gasteiger charge is 2.23. The van der Waals surface area contributed by atoms with Crippen LogP contribution in [0.4, 0.5) is 0 Å². The summed E-state index contributed by atoms with van der Waals surface area (Å²) in [5, 5.41) is 11.4. The Hall–Kier alpha value is -7.10. The van der Waals surface area contributed by atoms with Gasteiger partial charge in [0.25, 0.3) is 0 Å². The van der Waals surface area contributed by atoms with E-state index in [2.05, 4.69) is 140 Å². The minimum absolute atomic E-state index is 0.867. The minimum Gasteiger partial charge on any atom is -0.456 e. The second-order valence-corrected chi connectivity index (χ2v) is 13.9. The Morgan fingerprint density at radius 1 is 0.264 bits per heavy atom. The molecule has 53 heavy (non-hydrogen) atoms. The first-order valence-electron chi connectivity index (χ1n) is 18.0. The van der Waals surface area contributed by atoms with Crippen LogP contribution in [0.1, 0.15) is 0 Å². The maximum atomic E-state index is 6.89. The maximum absolute atomic E-state index is 6.89. The predicted molar refractivity (Wildman–Crippen MR) is 220 cm³/mol. The van der Waals surface area contributed by atoms with E-state index in [1.165, 1.54) is 27.1 Å². The van der Waals surface area contributed by atoms with Crippen molar-refractivity contribution >= 4 is 87.4 Å². The molecular formula is C50H28O3. The van der Waals surface area contributed by atoms with Crippen LogP contribution in [0, 0.1) is 0 Å². The van der Waals surface area contributed by atoms with Crippen molar-refractivity contribution in [2.75, 3.05) is 0 Å². The van der Waals surface area contributed by atoms with E-state index in [9.17, 15) is 0 Å². The summed E-state index contributed by atoms with van der Waals surface area (Å²) in [5.74, 6) is 0. The van der Waals surface area contributed by atoms with Crippen molar-refractivity contribution in [3.8, 4) is 33.4 Å². The van der Waals surface area contributed by atoms with Crippen LogP contribution < -0.4 is 0 Å². The molecule has 0 N–H and O–H groups in total. The fraction of sp³-hybridized carbons (Fsp3) is 0. The van der Waals surface area contributed by atoms with Crippen molar-refractivity contribution in [1.29, 1.82) is 0 Å². The van der Waals surface area contributed by atoms with Gasteiger partial charge in [-0.3, -0.25) is 0 Å². The molecule has 12 rings (SSSR count). The first kappa shape index (κ1) is 28.6. The quantitative estimate of drug-likeness (QED) is 0.175. The van der Waals surface area contributed by atoms with Gasteiger partial charge < -0.3 is 13.3 Å². The van der Waals surface area contributed by atoms with Crippen LogP contribution in [0.5, 0.6) is 0 Å². The highest BCUT2D eigenvalue weighted by molar-refractivity contribution is 6.26. The Bertz CT molecular complexity index is 3410. The van der Waals surface area contributed by atoms with E-state index in [1.807, 2.05) is 30.3 Å². The van der Waals surface area contributed by atoms with Gasteiger partial charge in [0.2, 0.25) is 0 Å². The van der Waals surface area contributed by atoms with Gasteiger partial charge >= 0.3 is 0 Å². The molecule has 0 bridgehead atoms. The third-order valence-electron chi connectivity index (χ3n) is 11.1. The second-order valence-electron chi connectivity index (χ2n) is 13.9. The summed E-state index contributed by atoms with van der Waals surface area (Å²) in [6, 6.07) is 60.2. The lowest BCUT2D eigenvalue weighted by Gasteiger charge is -2.18. The molecule has 246 valence electrons. The first-order valence-corrected chi connectivity index (χ1v) is 18.0. The van der Waals surface area contributed by atoms with Crippen LogP contribution in [0.25, 0.3) is 121 Å². The highest BCUT2D eigenvalue weighted by Crippen LogP contribution is 2.49. The fourth-order valence-corrected chi connectivity index (χ4v) is 8.77. The molecule has 0 spiro atoms. The summed E-state index contributed by atoms with van der Waals surface area (Å²) in [7, 11) is 0. The average molecular weight is 677 g/mol. The second kappa shape index (κ2) is 10.7. The van der Waals surface area contributed by atoms with Gasteiger partial charge in [-0.25, -0.2) is 0 Å². The van der Waals surface area contributed by atoms with Crippen molar-refractivity contribution in [3.05, 3.63) is 170 Å². The van der Waals surface area contributed by atoms with Crippen LogP contribution in [0.2, 0.25) is 0 Å². The average Bonchev–Trinajstić information content (AvgIpc) is 3.91. The van der Waals surface area contributed by atoms with E-state index in [4.69, 9.17) is 13.3 Å². The molecular weight excluding hydrogens is 649 g/mol. The molecule has 3 aromatic heterocycles. The van der Waals surface area contributed by atoms with Gasteiger partial charge in [0, 0.05) is 43.4 Å². The molecule has 0 saturated heterocycles. The SMILES string of the molecule is c1ccc2c(c1)oc1cc(-c3ccc(-c4c5ccccc5c(-c5ccc6oc7ccccc7c6c5)c5ccccc45)c4oc5ccccc5c34)ccc12. The smallest absolute Gasteiger partial charge is 0.143 e. The zero-order valence-corrected chi connectivity index (χ0v) is 28.4. The van der Waals surface area contributed by atoms with Crippen molar-refractivity contribution in [3.63, 3.8) is 0 Å². The van der Waals surface area contributed by atoms with E-state index in [1.54, 1.807) is 0 Å². The summed E-state index contributed by atoms with van der Waals surface area (Å²) in [5.41, 5.74) is 12.1. The third kappa shape index (κ3) is 4.05. The summed E-state index contributed by atoms with van der Waals surface area (Å²) in [6.07, 6.45) is 0. The van der Waals surface area contributed by atoms with Crippen LogP contribution in [-0.4, -0.2) is 0 Å². The number of hydrogen-bond donors (Lipinski definition) is 0. The number of hydrogen-bond acceptors (Lipinski definition) is 3. The van der Waals surface area contributed by atoms with Crippen LogP contribution in [0.15, 0.2) is 183 Å². The molecule has 0 fully saturated rings. The Morgan fingerprint density at radius 2 is 0.736 bits per heavy atom. The standard InChI is InChI=1S/C50H28O3/c1-3-15-37-35(13-1)47(30-22-26-45-41(27-30)33-12-6-9-19-43(33)51-45)36-14-2-4-16-38(36)48(37)40-25-24-31(49-39-17-7-10-20-44(39)53-50(40)49)29-21-23-34-32-11-5-8-18-42(32)52-46(34)28-29/h1-28H. The summed E-state index contributed by atoms with van der Waals surface area (Å²) in [4.78, 5) is 0. The summed E-state index contributed by atoms with van der Waals surface area (Å²) in [6.45, 7) is 0. The van der Waals surface area contributed by atoms with Crippen LogP contribution in [-0.2, 0) is 0 Å². The van der Waals surface area contributed by atoms with Gasteiger partial charge in [0.05, 0.1) is 0 Å². The molecule has 0 radical (unpaired) electrons. The lowest BCUT2D eigenvalue weighted by molar-refractivity contribution is 0.668. The van der Waals surface area contributed by atoms with Gasteiger partial charge in [0.1, 0.15) is 33.5 Å². The van der Waals surface area contributed by atoms with Gasteiger partial charge in [-0.05, 0) is 92.3 Å². The monoisotopic (exact) mass is 676 g/mol. The Kier molecular flexibility index (Phi) is 5.77. The molecule has 3 nitrogen and oxygen atoms in total.